The molecule has 4 nitrogen and oxygen atoms in total. The van der Waals surface area contributed by atoms with Crippen LogP contribution in [0, 0.1) is 17.7 Å². The highest BCUT2D eigenvalue weighted by molar-refractivity contribution is 7.89. The lowest BCUT2D eigenvalue weighted by Crippen LogP contribution is -2.19. The Bertz CT molecular complexity index is 544. The largest absolute Gasteiger partial charge is 0.320 e. The maximum atomic E-state index is 13.0. The van der Waals surface area contributed by atoms with Crippen molar-refractivity contribution in [3.63, 3.8) is 0 Å². The first-order valence-electron chi connectivity index (χ1n) is 4.43. The number of rotatable bonds is 2. The lowest BCUT2D eigenvalue weighted by Gasteiger charge is -2.04. The minimum atomic E-state index is -3.64. The van der Waals surface area contributed by atoms with Crippen LogP contribution in [0.15, 0.2) is 23.1 Å². The summed E-state index contributed by atoms with van der Waals surface area (Å²) < 4.78 is 38.2. The monoisotopic (exact) mass is 242 g/mol. The number of sulfonamides is 1. The smallest absolute Gasteiger partial charge is 0.241 e. The molecule has 0 fully saturated rings. The van der Waals surface area contributed by atoms with Crippen LogP contribution in [0.2, 0.25) is 0 Å². The maximum Gasteiger partial charge on any atom is 0.241 e. The van der Waals surface area contributed by atoms with Crippen LogP contribution in [-0.4, -0.2) is 22.0 Å². The number of hydrogen-bond donors (Lipinski definition) is 2. The van der Waals surface area contributed by atoms with Gasteiger partial charge >= 0.3 is 0 Å². The highest BCUT2D eigenvalue weighted by Gasteiger charge is 2.15. The molecule has 0 saturated heterocycles. The van der Waals surface area contributed by atoms with E-state index in [2.05, 4.69) is 16.6 Å². The first kappa shape index (κ1) is 12.6. The summed E-state index contributed by atoms with van der Waals surface area (Å²) in [6, 6.07) is 3.30. The number of hydrogen-bond acceptors (Lipinski definition) is 3. The van der Waals surface area contributed by atoms with E-state index in [1.54, 1.807) is 0 Å². The van der Waals surface area contributed by atoms with Gasteiger partial charge < -0.3 is 5.73 Å². The molecule has 0 aromatic heterocycles. The van der Waals surface area contributed by atoms with E-state index in [4.69, 9.17) is 5.73 Å². The van der Waals surface area contributed by atoms with Gasteiger partial charge in [0.2, 0.25) is 10.0 Å². The van der Waals surface area contributed by atoms with E-state index >= 15 is 0 Å². The summed E-state index contributed by atoms with van der Waals surface area (Å²) in [5, 5.41) is 0. The van der Waals surface area contributed by atoms with Gasteiger partial charge in [-0.05, 0) is 25.2 Å². The summed E-state index contributed by atoms with van der Waals surface area (Å²) >= 11 is 0. The molecule has 1 aromatic rings. The minimum absolute atomic E-state index is 0.0580. The molecule has 0 heterocycles. The third-order valence-electron chi connectivity index (χ3n) is 1.82. The van der Waals surface area contributed by atoms with Crippen LogP contribution >= 0.6 is 0 Å². The van der Waals surface area contributed by atoms with Crippen molar-refractivity contribution in [1.29, 1.82) is 0 Å². The Morgan fingerprint density at radius 2 is 2.19 bits per heavy atom. The molecule has 0 unspecified atom stereocenters. The highest BCUT2D eigenvalue weighted by Crippen LogP contribution is 2.15. The fourth-order valence-electron chi connectivity index (χ4n) is 1.09. The van der Waals surface area contributed by atoms with Crippen LogP contribution < -0.4 is 10.5 Å². The Hall–Kier alpha value is -1.42. The molecule has 86 valence electrons. The second-order valence-electron chi connectivity index (χ2n) is 2.85. The fourth-order valence-corrected chi connectivity index (χ4v) is 1.96. The molecule has 6 heteroatoms. The predicted molar refractivity (Wildman–Crippen MR) is 58.6 cm³/mol. The predicted octanol–water partition coefficient (Wildman–Crippen LogP) is 0.0440. The second kappa shape index (κ2) is 5.07. The van der Waals surface area contributed by atoms with Gasteiger partial charge in [0.1, 0.15) is 5.82 Å². The van der Waals surface area contributed by atoms with Gasteiger partial charge in [-0.2, -0.15) is 0 Å². The molecule has 0 aliphatic carbocycles. The van der Waals surface area contributed by atoms with Gasteiger partial charge in [0, 0.05) is 5.56 Å². The van der Waals surface area contributed by atoms with E-state index in [0.717, 1.165) is 12.1 Å². The minimum Gasteiger partial charge on any atom is -0.320 e. The average molecular weight is 242 g/mol. The van der Waals surface area contributed by atoms with Gasteiger partial charge in [0.05, 0.1) is 11.4 Å². The van der Waals surface area contributed by atoms with Gasteiger partial charge in [-0.15, -0.1) is 0 Å². The van der Waals surface area contributed by atoms with Crippen LogP contribution in [0.3, 0.4) is 0 Å². The van der Waals surface area contributed by atoms with Crippen molar-refractivity contribution in [1.82, 2.24) is 4.72 Å². The Morgan fingerprint density at radius 1 is 1.50 bits per heavy atom. The summed E-state index contributed by atoms with van der Waals surface area (Å²) in [6.45, 7) is 0.0789. The number of benzene rings is 1. The highest BCUT2D eigenvalue weighted by atomic mass is 32.2. The molecule has 0 saturated carbocycles. The van der Waals surface area contributed by atoms with Crippen LogP contribution in [0.25, 0.3) is 0 Å². The van der Waals surface area contributed by atoms with E-state index in [1.807, 2.05) is 0 Å². The number of nitrogens with two attached hydrogens (primary N) is 1. The van der Waals surface area contributed by atoms with Crippen molar-refractivity contribution in [3.8, 4) is 11.8 Å². The first-order valence-corrected chi connectivity index (χ1v) is 5.91. The van der Waals surface area contributed by atoms with Crippen LogP contribution in [0.1, 0.15) is 5.56 Å². The Labute approximate surface area is 93.7 Å². The van der Waals surface area contributed by atoms with Gasteiger partial charge in [0.25, 0.3) is 0 Å². The second-order valence-corrected chi connectivity index (χ2v) is 4.71. The van der Waals surface area contributed by atoms with E-state index in [-0.39, 0.29) is 17.0 Å². The van der Waals surface area contributed by atoms with Crippen LogP contribution in [-0.2, 0) is 10.0 Å². The molecule has 0 radical (unpaired) electrons. The van der Waals surface area contributed by atoms with Crippen molar-refractivity contribution in [3.05, 3.63) is 29.6 Å². The zero-order valence-corrected chi connectivity index (χ0v) is 9.44. The summed E-state index contributed by atoms with van der Waals surface area (Å²) in [5.74, 6) is 4.46. The molecule has 3 N–H and O–H groups in total. The molecule has 0 aliphatic heterocycles. The van der Waals surface area contributed by atoms with E-state index < -0.39 is 15.8 Å². The van der Waals surface area contributed by atoms with Crippen molar-refractivity contribution in [2.75, 3.05) is 13.6 Å². The van der Waals surface area contributed by atoms with Crippen molar-refractivity contribution >= 4 is 10.0 Å². The van der Waals surface area contributed by atoms with Crippen LogP contribution in [0.5, 0.6) is 0 Å². The van der Waals surface area contributed by atoms with Gasteiger partial charge in [-0.1, -0.05) is 11.8 Å². The molecule has 0 spiro atoms. The van der Waals surface area contributed by atoms with Crippen molar-refractivity contribution in [2.24, 2.45) is 5.73 Å². The van der Waals surface area contributed by atoms with Crippen molar-refractivity contribution in [2.45, 2.75) is 4.90 Å². The van der Waals surface area contributed by atoms with Crippen molar-refractivity contribution < 1.29 is 12.8 Å². The summed E-state index contributed by atoms with van der Waals surface area (Å²) in [6.07, 6.45) is 0. The number of halogens is 1. The average Bonchev–Trinajstić information content (AvgIpc) is 2.26. The first-order chi connectivity index (χ1) is 7.51. The van der Waals surface area contributed by atoms with E-state index in [0.29, 0.717) is 0 Å². The van der Waals surface area contributed by atoms with Gasteiger partial charge in [0.15, 0.2) is 0 Å². The zero-order valence-electron chi connectivity index (χ0n) is 8.62. The van der Waals surface area contributed by atoms with Gasteiger partial charge in [-0.25, -0.2) is 17.5 Å². The summed E-state index contributed by atoms with van der Waals surface area (Å²) in [7, 11) is -2.36. The van der Waals surface area contributed by atoms with E-state index in [9.17, 15) is 12.8 Å². The third kappa shape index (κ3) is 2.79. The third-order valence-corrected chi connectivity index (χ3v) is 3.30. The molecule has 1 rings (SSSR count). The summed E-state index contributed by atoms with van der Waals surface area (Å²) in [5.41, 5.74) is 5.27. The molecule has 0 atom stereocenters. The van der Waals surface area contributed by atoms with Crippen LogP contribution in [0.4, 0.5) is 4.39 Å². The zero-order chi connectivity index (χ0) is 12.2. The molecule has 1 aromatic carbocycles. The quantitative estimate of drug-likeness (QED) is 0.719. The van der Waals surface area contributed by atoms with E-state index in [1.165, 1.54) is 13.1 Å². The molecular formula is C10H11FN2O2S. The molecule has 0 bridgehead atoms. The normalized spacial score (nSPS) is 10.7. The topological polar surface area (TPSA) is 72.2 Å². The fraction of sp³-hybridized carbons (Fsp3) is 0.200. The molecular weight excluding hydrogens is 231 g/mol. The Kier molecular flexibility index (Phi) is 4.01. The van der Waals surface area contributed by atoms with Gasteiger partial charge in [-0.3, -0.25) is 0 Å². The Morgan fingerprint density at radius 3 is 2.75 bits per heavy atom. The summed E-state index contributed by atoms with van der Waals surface area (Å²) in [4.78, 5) is -0.0580. The number of nitrogens with one attached hydrogen (secondary N) is 1. The molecule has 16 heavy (non-hydrogen) atoms. The Balaban J connectivity index is 3.40. The standard InChI is InChI=1S/C10H11FN2O2S/c1-13-16(14,15)10-5-4-9(11)7-8(10)3-2-6-12/h4-5,7,13H,6,12H2,1H3. The lowest BCUT2D eigenvalue weighted by atomic mass is 10.2. The lowest BCUT2D eigenvalue weighted by molar-refractivity contribution is 0.587. The SMILES string of the molecule is CNS(=O)(=O)c1ccc(F)cc1C#CCN. The maximum absolute atomic E-state index is 13.0. The molecule has 0 aliphatic rings. The molecule has 0 amide bonds.